The molecule has 0 heterocycles. The van der Waals surface area contributed by atoms with Crippen molar-refractivity contribution in [2.45, 2.75) is 56.7 Å². The minimum absolute atomic E-state index is 0.526. The summed E-state index contributed by atoms with van der Waals surface area (Å²) in [5, 5.41) is 50.9. The van der Waals surface area contributed by atoms with Crippen LogP contribution in [0.4, 0.5) is 0 Å². The quantitative estimate of drug-likeness (QED) is 0.206. The predicted molar refractivity (Wildman–Crippen MR) is 75.7 cm³/mol. The standard InChI is InChI=1S/C14H20O10/c1-6(16)10(20)11(21)13(23,8(3)18)14(24,9(4)19)12(22,5-15)7(2)17/h5,10-11,20-24H,1-4H3/t10-,11+,12+,13+,14+/m0/s1. The van der Waals surface area contributed by atoms with Crippen LogP contribution in [0, 0.1) is 0 Å². The molecule has 0 aromatic heterocycles. The zero-order valence-corrected chi connectivity index (χ0v) is 13.5. The van der Waals surface area contributed by atoms with Gasteiger partial charge < -0.3 is 25.5 Å². The lowest BCUT2D eigenvalue weighted by Crippen LogP contribution is -2.80. The van der Waals surface area contributed by atoms with Crippen LogP contribution in [-0.4, -0.2) is 84.0 Å². The summed E-state index contributed by atoms with van der Waals surface area (Å²) in [6, 6.07) is 0. The molecule has 0 saturated heterocycles. The number of aldehydes is 1. The molecule has 0 rings (SSSR count). The summed E-state index contributed by atoms with van der Waals surface area (Å²) in [7, 11) is 0. The third kappa shape index (κ3) is 2.82. The van der Waals surface area contributed by atoms with E-state index in [1.165, 1.54) is 0 Å². The van der Waals surface area contributed by atoms with E-state index in [2.05, 4.69) is 0 Å². The van der Waals surface area contributed by atoms with E-state index in [4.69, 9.17) is 0 Å². The number of ketones is 4. The maximum Gasteiger partial charge on any atom is 0.217 e. The van der Waals surface area contributed by atoms with Crippen molar-refractivity contribution >= 4 is 29.4 Å². The van der Waals surface area contributed by atoms with Gasteiger partial charge in [0.1, 0.15) is 12.2 Å². The van der Waals surface area contributed by atoms with Crippen LogP contribution in [0.3, 0.4) is 0 Å². The summed E-state index contributed by atoms with van der Waals surface area (Å²) in [4.78, 5) is 57.8. The lowest BCUT2D eigenvalue weighted by atomic mass is 9.62. The highest BCUT2D eigenvalue weighted by Gasteiger charge is 2.73. The minimum atomic E-state index is -3.87. The molecule has 0 bridgehead atoms. The fraction of sp³-hybridized carbons (Fsp3) is 0.643. The summed E-state index contributed by atoms with van der Waals surface area (Å²) >= 11 is 0. The Balaban J connectivity index is 6.89. The van der Waals surface area contributed by atoms with E-state index in [1.807, 2.05) is 0 Å². The zero-order chi connectivity index (χ0) is 19.7. The Morgan fingerprint density at radius 2 is 1.25 bits per heavy atom. The Kier molecular flexibility index (Phi) is 6.41. The van der Waals surface area contributed by atoms with Crippen LogP contribution >= 0.6 is 0 Å². The fourth-order valence-electron chi connectivity index (χ4n) is 2.38. The Labute approximate surface area is 136 Å². The van der Waals surface area contributed by atoms with Gasteiger partial charge in [-0.15, -0.1) is 0 Å². The average Bonchev–Trinajstić information content (AvgIpc) is 2.49. The van der Waals surface area contributed by atoms with Crippen molar-refractivity contribution < 1.29 is 49.5 Å². The van der Waals surface area contributed by atoms with Crippen molar-refractivity contribution in [2.75, 3.05) is 0 Å². The van der Waals surface area contributed by atoms with E-state index in [0.717, 1.165) is 6.92 Å². The molecule has 0 radical (unpaired) electrons. The normalized spacial score (nSPS) is 21.4. The van der Waals surface area contributed by atoms with Crippen LogP contribution in [-0.2, 0) is 24.0 Å². The summed E-state index contributed by atoms with van der Waals surface area (Å²) in [5.74, 6) is -5.92. The molecular formula is C14H20O10. The summed E-state index contributed by atoms with van der Waals surface area (Å²) in [5.41, 5.74) is -11.2. The van der Waals surface area contributed by atoms with E-state index < -0.39 is 58.4 Å². The number of hydrogen-bond donors (Lipinski definition) is 5. The van der Waals surface area contributed by atoms with Crippen LogP contribution in [0.15, 0.2) is 0 Å². The Bertz CT molecular complexity index is 584. The van der Waals surface area contributed by atoms with Gasteiger partial charge in [-0.05, 0) is 27.7 Å². The largest absolute Gasteiger partial charge is 0.386 e. The molecule has 0 amide bonds. The van der Waals surface area contributed by atoms with Crippen LogP contribution in [0.25, 0.3) is 0 Å². The van der Waals surface area contributed by atoms with Crippen LogP contribution in [0.1, 0.15) is 27.7 Å². The average molecular weight is 348 g/mol. The van der Waals surface area contributed by atoms with Crippen LogP contribution < -0.4 is 0 Å². The molecule has 10 nitrogen and oxygen atoms in total. The zero-order valence-electron chi connectivity index (χ0n) is 13.5. The number of hydrogen-bond acceptors (Lipinski definition) is 10. The maximum atomic E-state index is 11.9. The highest BCUT2D eigenvalue weighted by molar-refractivity contribution is 6.12. The molecule has 0 fully saturated rings. The van der Waals surface area contributed by atoms with E-state index in [9.17, 15) is 49.5 Å². The third-order valence-corrected chi connectivity index (χ3v) is 4.00. The first kappa shape index (κ1) is 22.1. The number of Topliss-reactive ketones (excluding diaryl/α,β-unsaturated/α-hetero) is 4. The van der Waals surface area contributed by atoms with Gasteiger partial charge in [0.25, 0.3) is 0 Å². The number of carbonyl (C=O) groups excluding carboxylic acids is 5. The second-order valence-corrected chi connectivity index (χ2v) is 5.53. The third-order valence-electron chi connectivity index (χ3n) is 4.00. The van der Waals surface area contributed by atoms with Gasteiger partial charge >= 0.3 is 0 Å². The van der Waals surface area contributed by atoms with Gasteiger partial charge in [-0.25, -0.2) is 0 Å². The molecule has 0 aliphatic rings. The Morgan fingerprint density at radius 1 is 0.833 bits per heavy atom. The molecule has 0 spiro atoms. The first-order valence-corrected chi connectivity index (χ1v) is 6.69. The first-order chi connectivity index (χ1) is 10.7. The number of carbonyl (C=O) groups is 5. The SMILES string of the molecule is CC(=O)[C@H](O)[C@@H](O)[C@](O)(C(C)=O)[C@@](O)(C(C)=O)[C@@](O)(C=O)C(C)=O. The highest BCUT2D eigenvalue weighted by Crippen LogP contribution is 2.38. The second-order valence-electron chi connectivity index (χ2n) is 5.53. The van der Waals surface area contributed by atoms with Crippen molar-refractivity contribution in [2.24, 2.45) is 0 Å². The monoisotopic (exact) mass is 348 g/mol. The van der Waals surface area contributed by atoms with Crippen molar-refractivity contribution in [1.29, 1.82) is 0 Å². The molecule has 0 unspecified atom stereocenters. The van der Waals surface area contributed by atoms with Crippen molar-refractivity contribution in [3.63, 3.8) is 0 Å². The second kappa shape index (κ2) is 6.95. The number of aliphatic hydroxyl groups is 5. The number of rotatable bonds is 9. The molecular weight excluding hydrogens is 328 g/mol. The Hall–Kier alpha value is -1.85. The van der Waals surface area contributed by atoms with Crippen LogP contribution in [0.2, 0.25) is 0 Å². The molecule has 136 valence electrons. The molecule has 0 aromatic rings. The predicted octanol–water partition coefficient (Wildman–Crippen LogP) is -3.54. The molecule has 5 N–H and O–H groups in total. The molecule has 0 aliphatic heterocycles. The van der Waals surface area contributed by atoms with Gasteiger partial charge in [0.05, 0.1) is 0 Å². The molecule has 24 heavy (non-hydrogen) atoms. The lowest BCUT2D eigenvalue weighted by Gasteiger charge is -2.48. The Morgan fingerprint density at radius 3 is 1.46 bits per heavy atom. The van der Waals surface area contributed by atoms with Crippen molar-refractivity contribution in [1.82, 2.24) is 0 Å². The van der Waals surface area contributed by atoms with E-state index >= 15 is 0 Å². The van der Waals surface area contributed by atoms with Crippen molar-refractivity contribution in [3.8, 4) is 0 Å². The van der Waals surface area contributed by atoms with Gasteiger partial charge in [-0.3, -0.25) is 24.0 Å². The highest BCUT2D eigenvalue weighted by atomic mass is 16.4. The molecule has 10 heteroatoms. The van der Waals surface area contributed by atoms with Crippen LogP contribution in [0.5, 0.6) is 0 Å². The molecule has 0 saturated carbocycles. The summed E-state index contributed by atoms with van der Waals surface area (Å²) in [6.07, 6.45) is -5.88. The first-order valence-electron chi connectivity index (χ1n) is 6.69. The van der Waals surface area contributed by atoms with Gasteiger partial charge in [0.15, 0.2) is 35.0 Å². The smallest absolute Gasteiger partial charge is 0.217 e. The van der Waals surface area contributed by atoms with Crippen molar-refractivity contribution in [3.05, 3.63) is 0 Å². The summed E-state index contributed by atoms with van der Waals surface area (Å²) in [6.45, 7) is 2.42. The molecule has 0 aliphatic carbocycles. The topological polar surface area (TPSA) is 186 Å². The van der Waals surface area contributed by atoms with Gasteiger partial charge in [-0.2, -0.15) is 0 Å². The molecule has 5 atom stereocenters. The number of aliphatic hydroxyl groups excluding tert-OH is 2. The lowest BCUT2D eigenvalue weighted by molar-refractivity contribution is -0.248. The molecule has 0 aromatic carbocycles. The van der Waals surface area contributed by atoms with Gasteiger partial charge in [0.2, 0.25) is 11.2 Å². The minimum Gasteiger partial charge on any atom is -0.386 e. The van der Waals surface area contributed by atoms with Gasteiger partial charge in [-0.1, -0.05) is 0 Å². The van der Waals surface area contributed by atoms with E-state index in [-0.39, 0.29) is 0 Å². The van der Waals surface area contributed by atoms with E-state index in [1.54, 1.807) is 0 Å². The van der Waals surface area contributed by atoms with Gasteiger partial charge in [0, 0.05) is 0 Å². The van der Waals surface area contributed by atoms with E-state index in [0.29, 0.717) is 20.8 Å². The summed E-state index contributed by atoms with van der Waals surface area (Å²) < 4.78 is 0. The maximum absolute atomic E-state index is 11.9. The fourth-order valence-corrected chi connectivity index (χ4v) is 2.38.